The quantitative estimate of drug-likeness (QED) is 0.395. The Morgan fingerprint density at radius 3 is 2.35 bits per heavy atom. The van der Waals surface area contributed by atoms with E-state index in [-0.39, 0.29) is 5.41 Å². The van der Waals surface area contributed by atoms with Crippen LogP contribution in [0.4, 0.5) is 0 Å². The van der Waals surface area contributed by atoms with Gasteiger partial charge in [-0.1, -0.05) is 51.1 Å². The molecule has 0 amide bonds. The highest BCUT2D eigenvalue weighted by Gasteiger charge is 2.14. The van der Waals surface area contributed by atoms with Crippen molar-refractivity contribution in [3.05, 3.63) is 66.4 Å². The molecule has 1 nitrogen and oxygen atoms in total. The van der Waals surface area contributed by atoms with Crippen LogP contribution in [-0.2, 0) is 5.41 Å². The van der Waals surface area contributed by atoms with E-state index < -0.39 is 0 Å². The molecule has 2 aromatic heterocycles. The van der Waals surface area contributed by atoms with E-state index in [0.717, 1.165) is 5.69 Å². The van der Waals surface area contributed by atoms with Gasteiger partial charge in [0.25, 0.3) is 0 Å². The van der Waals surface area contributed by atoms with E-state index in [1.165, 1.54) is 31.3 Å². The summed E-state index contributed by atoms with van der Waals surface area (Å²) in [7, 11) is 0. The summed E-state index contributed by atoms with van der Waals surface area (Å²) in [5.74, 6) is 0. The van der Waals surface area contributed by atoms with Gasteiger partial charge in [-0.05, 0) is 35.2 Å². The van der Waals surface area contributed by atoms with Gasteiger partial charge in [-0.2, -0.15) is 0 Å². The predicted molar refractivity (Wildman–Crippen MR) is 101 cm³/mol. The molecule has 0 aliphatic heterocycles. The topological polar surface area (TPSA) is 12.9 Å². The third-order valence-corrected chi connectivity index (χ3v) is 5.45. The van der Waals surface area contributed by atoms with E-state index in [4.69, 9.17) is 4.98 Å². The monoisotopic (exact) mass is 317 g/mol. The standard InChI is InChI=1S/C21H19NS/c1-21(2,3)15-9-10-18(22-13-15)14-8-11-20-17(12-14)16-6-4-5-7-19(16)23-20/h4-13H,1-3H3. The number of rotatable bonds is 1. The molecular formula is C21H19NS. The van der Waals surface area contributed by atoms with Crippen molar-refractivity contribution in [1.29, 1.82) is 0 Å². The van der Waals surface area contributed by atoms with Crippen LogP contribution < -0.4 is 0 Å². The number of pyridine rings is 1. The zero-order valence-corrected chi connectivity index (χ0v) is 14.4. The molecule has 0 fully saturated rings. The summed E-state index contributed by atoms with van der Waals surface area (Å²) >= 11 is 1.85. The molecule has 4 aromatic rings. The Hall–Kier alpha value is -2.19. The molecule has 114 valence electrons. The first-order chi connectivity index (χ1) is 11.0. The van der Waals surface area contributed by atoms with Gasteiger partial charge in [0.2, 0.25) is 0 Å². The van der Waals surface area contributed by atoms with E-state index in [0.29, 0.717) is 0 Å². The van der Waals surface area contributed by atoms with Gasteiger partial charge in [0.15, 0.2) is 0 Å². The molecule has 0 N–H and O–H groups in total. The number of fused-ring (bicyclic) bond motifs is 3. The van der Waals surface area contributed by atoms with Crippen molar-refractivity contribution in [2.45, 2.75) is 26.2 Å². The van der Waals surface area contributed by atoms with Crippen molar-refractivity contribution in [3.8, 4) is 11.3 Å². The average Bonchev–Trinajstić information content (AvgIpc) is 2.92. The lowest BCUT2D eigenvalue weighted by Crippen LogP contribution is -2.11. The number of aromatic nitrogens is 1. The Kier molecular flexibility index (Phi) is 3.24. The summed E-state index contributed by atoms with van der Waals surface area (Å²) in [5, 5.41) is 2.66. The zero-order valence-electron chi connectivity index (χ0n) is 13.6. The molecule has 0 unspecified atom stereocenters. The van der Waals surface area contributed by atoms with Gasteiger partial charge < -0.3 is 0 Å². The van der Waals surface area contributed by atoms with Crippen LogP contribution in [0.5, 0.6) is 0 Å². The van der Waals surface area contributed by atoms with Crippen molar-refractivity contribution in [1.82, 2.24) is 4.98 Å². The summed E-state index contributed by atoms with van der Waals surface area (Å²) < 4.78 is 2.68. The van der Waals surface area contributed by atoms with Gasteiger partial charge in [0, 0.05) is 31.9 Å². The number of benzene rings is 2. The molecule has 0 spiro atoms. The maximum Gasteiger partial charge on any atom is 0.0702 e. The summed E-state index contributed by atoms with van der Waals surface area (Å²) in [5.41, 5.74) is 3.62. The lowest BCUT2D eigenvalue weighted by Gasteiger charge is -2.18. The Morgan fingerprint density at radius 1 is 0.826 bits per heavy atom. The molecule has 2 heterocycles. The molecule has 0 saturated heterocycles. The van der Waals surface area contributed by atoms with Gasteiger partial charge in [0.1, 0.15) is 0 Å². The molecule has 0 aliphatic rings. The molecule has 2 heteroatoms. The van der Waals surface area contributed by atoms with E-state index in [1.807, 2.05) is 17.5 Å². The maximum atomic E-state index is 4.69. The number of nitrogens with zero attached hydrogens (tertiary/aromatic N) is 1. The second kappa shape index (κ2) is 5.17. The van der Waals surface area contributed by atoms with Crippen molar-refractivity contribution in [2.24, 2.45) is 0 Å². The zero-order chi connectivity index (χ0) is 16.0. The highest BCUT2D eigenvalue weighted by Crippen LogP contribution is 2.36. The fourth-order valence-corrected chi connectivity index (χ4v) is 3.98. The van der Waals surface area contributed by atoms with Crippen LogP contribution in [0.2, 0.25) is 0 Å². The van der Waals surface area contributed by atoms with Gasteiger partial charge >= 0.3 is 0 Å². The van der Waals surface area contributed by atoms with E-state index in [9.17, 15) is 0 Å². The highest BCUT2D eigenvalue weighted by atomic mass is 32.1. The largest absolute Gasteiger partial charge is 0.256 e. The first-order valence-electron chi connectivity index (χ1n) is 7.90. The fraction of sp³-hybridized carbons (Fsp3) is 0.190. The third kappa shape index (κ3) is 2.53. The van der Waals surface area contributed by atoms with Crippen molar-refractivity contribution in [2.75, 3.05) is 0 Å². The van der Waals surface area contributed by atoms with E-state index in [2.05, 4.69) is 75.4 Å². The van der Waals surface area contributed by atoms with Crippen LogP contribution in [0.25, 0.3) is 31.4 Å². The normalized spacial score (nSPS) is 12.1. The lowest BCUT2D eigenvalue weighted by molar-refractivity contribution is 0.587. The Balaban J connectivity index is 1.84. The van der Waals surface area contributed by atoms with Crippen LogP contribution in [0.15, 0.2) is 60.8 Å². The summed E-state index contributed by atoms with van der Waals surface area (Å²) in [6.45, 7) is 6.65. The molecule has 4 rings (SSSR count). The maximum absolute atomic E-state index is 4.69. The molecule has 0 atom stereocenters. The van der Waals surface area contributed by atoms with Crippen LogP contribution in [0.1, 0.15) is 26.3 Å². The first kappa shape index (κ1) is 14.4. The molecule has 0 aliphatic carbocycles. The van der Waals surface area contributed by atoms with Crippen molar-refractivity contribution in [3.63, 3.8) is 0 Å². The predicted octanol–water partition coefficient (Wildman–Crippen LogP) is 6.41. The van der Waals surface area contributed by atoms with Gasteiger partial charge in [-0.3, -0.25) is 4.98 Å². The van der Waals surface area contributed by atoms with Gasteiger partial charge in [0.05, 0.1) is 5.69 Å². The second-order valence-corrected chi connectivity index (χ2v) is 8.08. The summed E-state index contributed by atoms with van der Waals surface area (Å²) in [6, 6.07) is 19.6. The number of hydrogen-bond donors (Lipinski definition) is 0. The highest BCUT2D eigenvalue weighted by molar-refractivity contribution is 7.25. The van der Waals surface area contributed by atoms with E-state index in [1.54, 1.807) is 0 Å². The molecule has 2 aromatic carbocycles. The minimum absolute atomic E-state index is 0.138. The Bertz CT molecular complexity index is 988. The first-order valence-corrected chi connectivity index (χ1v) is 8.72. The fourth-order valence-electron chi connectivity index (χ4n) is 2.89. The Morgan fingerprint density at radius 2 is 1.61 bits per heavy atom. The molecule has 0 bridgehead atoms. The minimum Gasteiger partial charge on any atom is -0.256 e. The van der Waals surface area contributed by atoms with Crippen LogP contribution in [-0.4, -0.2) is 4.98 Å². The molecule has 0 radical (unpaired) electrons. The van der Waals surface area contributed by atoms with Gasteiger partial charge in [-0.15, -0.1) is 11.3 Å². The summed E-state index contributed by atoms with van der Waals surface area (Å²) in [4.78, 5) is 4.69. The van der Waals surface area contributed by atoms with Crippen LogP contribution in [0, 0.1) is 0 Å². The second-order valence-electron chi connectivity index (χ2n) is 6.99. The summed E-state index contributed by atoms with van der Waals surface area (Å²) in [6.07, 6.45) is 2.01. The minimum atomic E-state index is 0.138. The van der Waals surface area contributed by atoms with Crippen LogP contribution >= 0.6 is 11.3 Å². The third-order valence-electron chi connectivity index (χ3n) is 4.30. The Labute approximate surface area is 140 Å². The lowest BCUT2D eigenvalue weighted by atomic mass is 9.88. The van der Waals surface area contributed by atoms with E-state index >= 15 is 0 Å². The number of hydrogen-bond acceptors (Lipinski definition) is 2. The van der Waals surface area contributed by atoms with Crippen molar-refractivity contribution < 1.29 is 0 Å². The molecular weight excluding hydrogens is 298 g/mol. The smallest absolute Gasteiger partial charge is 0.0702 e. The van der Waals surface area contributed by atoms with Crippen LogP contribution in [0.3, 0.4) is 0 Å². The van der Waals surface area contributed by atoms with Gasteiger partial charge in [-0.25, -0.2) is 0 Å². The molecule has 0 saturated carbocycles. The van der Waals surface area contributed by atoms with Crippen molar-refractivity contribution >= 4 is 31.5 Å². The average molecular weight is 317 g/mol. The molecule has 23 heavy (non-hydrogen) atoms. The number of thiophene rings is 1. The SMILES string of the molecule is CC(C)(C)c1ccc(-c2ccc3sc4ccccc4c3c2)nc1.